The van der Waals surface area contributed by atoms with E-state index in [1.165, 1.54) is 0 Å². The lowest BCUT2D eigenvalue weighted by atomic mass is 9.85. The third-order valence-corrected chi connectivity index (χ3v) is 2.55. The van der Waals surface area contributed by atoms with Crippen molar-refractivity contribution in [2.24, 2.45) is 5.92 Å². The molecule has 2 aliphatic rings. The molecule has 2 fully saturated rings. The normalized spacial score (nSPS) is 44.5. The van der Waals surface area contributed by atoms with Crippen LogP contribution >= 0.6 is 0 Å². The van der Waals surface area contributed by atoms with Crippen LogP contribution < -0.4 is 5.32 Å². The van der Waals surface area contributed by atoms with Crippen LogP contribution in [0.25, 0.3) is 0 Å². The smallest absolute Gasteiger partial charge is 0.338 e. The van der Waals surface area contributed by atoms with Gasteiger partial charge in [0.15, 0.2) is 5.54 Å². The fourth-order valence-electron chi connectivity index (χ4n) is 1.70. The Balaban J connectivity index is 2.32. The summed E-state index contributed by atoms with van der Waals surface area (Å²) in [4.78, 5) is 22.0. The first-order chi connectivity index (χ1) is 5.62. The predicted octanol–water partition coefficient (Wildman–Crippen LogP) is -1.59. The zero-order valence-corrected chi connectivity index (χ0v) is 6.53. The van der Waals surface area contributed by atoms with Gasteiger partial charge < -0.3 is 15.2 Å². The Kier molecular flexibility index (Phi) is 1.24. The summed E-state index contributed by atoms with van der Waals surface area (Å²) in [5.74, 6) is -1.12. The minimum atomic E-state index is -1.13. The quantitative estimate of drug-likeness (QED) is 0.466. The summed E-state index contributed by atoms with van der Waals surface area (Å²) in [6.45, 7) is 1.29. The van der Waals surface area contributed by atoms with Crippen molar-refractivity contribution < 1.29 is 19.4 Å². The number of aliphatic hydroxyl groups is 1. The van der Waals surface area contributed by atoms with Crippen LogP contribution in [0.3, 0.4) is 0 Å². The molecule has 0 bridgehead atoms. The molecule has 1 amide bonds. The molecule has 0 aromatic carbocycles. The van der Waals surface area contributed by atoms with Crippen LogP contribution in [0, 0.1) is 5.92 Å². The number of amides is 1. The van der Waals surface area contributed by atoms with Crippen LogP contribution in [-0.4, -0.2) is 35.2 Å². The molecular formula is C7H9NO4. The zero-order valence-electron chi connectivity index (χ0n) is 6.53. The van der Waals surface area contributed by atoms with Crippen LogP contribution in [0.1, 0.15) is 6.92 Å². The number of ether oxygens (including phenoxy) is 1. The average Bonchev–Trinajstić information content (AvgIpc) is 2.25. The standard InChI is InChI=1S/C7H9NO4/c1-3-4-7(2-9,6(11)12-4)8-5(3)10/h3-4,9H,2H2,1H3,(H,8,10)/t3-,4+,7-/m1/s1. The summed E-state index contributed by atoms with van der Waals surface area (Å²) in [6.07, 6.45) is -0.484. The van der Waals surface area contributed by atoms with E-state index >= 15 is 0 Å². The number of rotatable bonds is 1. The van der Waals surface area contributed by atoms with E-state index in [-0.39, 0.29) is 18.4 Å². The predicted molar refractivity (Wildman–Crippen MR) is 37.0 cm³/mol. The highest BCUT2D eigenvalue weighted by Crippen LogP contribution is 2.37. The Morgan fingerprint density at radius 1 is 1.67 bits per heavy atom. The summed E-state index contributed by atoms with van der Waals surface area (Å²) in [5.41, 5.74) is -1.13. The van der Waals surface area contributed by atoms with Crippen LogP contribution in [0.4, 0.5) is 0 Å². The number of carbonyl (C=O) groups is 2. The van der Waals surface area contributed by atoms with Crippen LogP contribution in [0.15, 0.2) is 0 Å². The molecule has 0 unspecified atom stereocenters. The fraction of sp³-hybridized carbons (Fsp3) is 0.714. The SMILES string of the molecule is C[C@H]1C(=O)N[C@@]2(CO)C(=O)O[C@@H]12. The van der Waals surface area contributed by atoms with Gasteiger partial charge in [-0.1, -0.05) is 0 Å². The first-order valence-electron chi connectivity index (χ1n) is 3.76. The van der Waals surface area contributed by atoms with Gasteiger partial charge in [0.25, 0.3) is 0 Å². The van der Waals surface area contributed by atoms with Gasteiger partial charge in [-0.3, -0.25) is 4.79 Å². The minimum absolute atomic E-state index is 0.236. The molecule has 0 saturated carbocycles. The van der Waals surface area contributed by atoms with Crippen LogP contribution in [0.5, 0.6) is 0 Å². The van der Waals surface area contributed by atoms with Gasteiger partial charge in [0, 0.05) is 0 Å². The summed E-state index contributed by atoms with van der Waals surface area (Å²) in [6, 6.07) is 0. The van der Waals surface area contributed by atoms with Gasteiger partial charge in [-0.25, -0.2) is 4.79 Å². The lowest BCUT2D eigenvalue weighted by molar-refractivity contribution is -0.195. The van der Waals surface area contributed by atoms with Crippen molar-refractivity contribution in [1.29, 1.82) is 0 Å². The molecule has 5 heteroatoms. The molecule has 3 atom stereocenters. The second kappa shape index (κ2) is 1.98. The molecule has 0 spiro atoms. The largest absolute Gasteiger partial charge is 0.456 e. The number of hydrogen-bond acceptors (Lipinski definition) is 4. The highest BCUT2D eigenvalue weighted by Gasteiger charge is 2.66. The Labute approximate surface area is 68.7 Å². The number of aliphatic hydroxyl groups excluding tert-OH is 1. The van der Waals surface area contributed by atoms with Crippen molar-refractivity contribution in [2.45, 2.75) is 18.6 Å². The van der Waals surface area contributed by atoms with Gasteiger partial charge in [0.1, 0.15) is 6.10 Å². The van der Waals surface area contributed by atoms with Crippen molar-refractivity contribution >= 4 is 11.9 Å². The Bertz CT molecular complexity index is 262. The van der Waals surface area contributed by atoms with E-state index < -0.39 is 17.6 Å². The molecule has 5 nitrogen and oxygen atoms in total. The summed E-state index contributed by atoms with van der Waals surface area (Å²) in [5, 5.41) is 11.4. The maximum absolute atomic E-state index is 11.1. The molecule has 0 aromatic rings. The third-order valence-electron chi connectivity index (χ3n) is 2.55. The first-order valence-corrected chi connectivity index (χ1v) is 3.76. The van der Waals surface area contributed by atoms with E-state index in [1.807, 2.05) is 0 Å². The summed E-state index contributed by atoms with van der Waals surface area (Å²) in [7, 11) is 0. The van der Waals surface area contributed by atoms with Crippen LogP contribution in [-0.2, 0) is 14.3 Å². The molecule has 2 aliphatic heterocycles. The van der Waals surface area contributed by atoms with Gasteiger partial charge >= 0.3 is 5.97 Å². The average molecular weight is 171 g/mol. The van der Waals surface area contributed by atoms with Gasteiger partial charge in [-0.2, -0.15) is 0 Å². The van der Waals surface area contributed by atoms with Gasteiger partial charge in [0.05, 0.1) is 12.5 Å². The van der Waals surface area contributed by atoms with Crippen molar-refractivity contribution in [3.05, 3.63) is 0 Å². The monoisotopic (exact) mass is 171 g/mol. The lowest BCUT2D eigenvalue weighted by Crippen LogP contribution is -2.69. The van der Waals surface area contributed by atoms with Crippen LogP contribution in [0.2, 0.25) is 0 Å². The topological polar surface area (TPSA) is 75.6 Å². The molecule has 0 aliphatic carbocycles. The van der Waals surface area contributed by atoms with Crippen molar-refractivity contribution in [2.75, 3.05) is 6.61 Å². The Hall–Kier alpha value is -1.10. The van der Waals surface area contributed by atoms with E-state index in [1.54, 1.807) is 6.92 Å². The Morgan fingerprint density at radius 2 is 2.33 bits per heavy atom. The number of carbonyl (C=O) groups excluding carboxylic acids is 2. The lowest BCUT2D eigenvalue weighted by Gasteiger charge is -2.40. The first kappa shape index (κ1) is 7.54. The van der Waals surface area contributed by atoms with Gasteiger partial charge in [-0.15, -0.1) is 0 Å². The number of fused-ring (bicyclic) bond motifs is 1. The molecule has 0 radical (unpaired) electrons. The van der Waals surface area contributed by atoms with E-state index in [2.05, 4.69) is 5.32 Å². The van der Waals surface area contributed by atoms with Gasteiger partial charge in [-0.05, 0) is 6.92 Å². The molecule has 2 rings (SSSR count). The second-order valence-corrected chi connectivity index (χ2v) is 3.23. The maximum Gasteiger partial charge on any atom is 0.338 e. The molecule has 66 valence electrons. The third kappa shape index (κ3) is 0.582. The van der Waals surface area contributed by atoms with Crippen molar-refractivity contribution in [3.63, 3.8) is 0 Å². The molecule has 12 heavy (non-hydrogen) atoms. The maximum atomic E-state index is 11.1. The highest BCUT2D eigenvalue weighted by molar-refractivity contribution is 5.99. The highest BCUT2D eigenvalue weighted by atomic mass is 16.6. The number of esters is 1. The zero-order chi connectivity index (χ0) is 8.93. The Morgan fingerprint density at radius 3 is 2.67 bits per heavy atom. The summed E-state index contributed by atoms with van der Waals surface area (Å²) >= 11 is 0. The molecular weight excluding hydrogens is 162 g/mol. The number of nitrogens with one attached hydrogen (secondary N) is 1. The van der Waals surface area contributed by atoms with Crippen molar-refractivity contribution in [1.82, 2.24) is 5.32 Å². The van der Waals surface area contributed by atoms with E-state index in [0.717, 1.165) is 0 Å². The van der Waals surface area contributed by atoms with Crippen molar-refractivity contribution in [3.8, 4) is 0 Å². The number of hydrogen-bond donors (Lipinski definition) is 2. The molecule has 2 N–H and O–H groups in total. The minimum Gasteiger partial charge on any atom is -0.456 e. The second-order valence-electron chi connectivity index (χ2n) is 3.23. The molecule has 0 aromatic heterocycles. The fourth-order valence-corrected chi connectivity index (χ4v) is 1.70. The van der Waals surface area contributed by atoms with E-state index in [4.69, 9.17) is 9.84 Å². The van der Waals surface area contributed by atoms with E-state index in [9.17, 15) is 9.59 Å². The van der Waals surface area contributed by atoms with Gasteiger partial charge in [0.2, 0.25) is 5.91 Å². The summed E-state index contributed by atoms with van der Waals surface area (Å²) < 4.78 is 4.76. The molecule has 2 saturated heterocycles. The van der Waals surface area contributed by atoms with E-state index in [0.29, 0.717) is 0 Å². The molecule has 2 heterocycles.